The average molecular weight is 818 g/mol. The second kappa shape index (κ2) is 24.3. The number of rotatable bonds is 24. The molecule has 0 bridgehead atoms. The molecule has 19 nitrogen and oxygen atoms in total. The van der Waals surface area contributed by atoms with Crippen molar-refractivity contribution in [1.29, 1.82) is 0 Å². The van der Waals surface area contributed by atoms with Gasteiger partial charge in [0.15, 0.2) is 5.03 Å². The number of nitrogens with one attached hydrogen (secondary N) is 3. The number of alkyl carbamates (subject to hydrolysis) is 1. The van der Waals surface area contributed by atoms with Gasteiger partial charge in [0.05, 0.1) is 9.82 Å². The van der Waals surface area contributed by atoms with Gasteiger partial charge in [-0.2, -0.15) is 4.72 Å². The molecule has 57 heavy (non-hydrogen) atoms. The number of nitro benzene ring substituents is 1. The van der Waals surface area contributed by atoms with Crippen LogP contribution in [0.5, 0.6) is 0 Å². The summed E-state index contributed by atoms with van der Waals surface area (Å²) < 4.78 is 34.1. The van der Waals surface area contributed by atoms with Crippen LogP contribution in [0.1, 0.15) is 88.2 Å². The van der Waals surface area contributed by atoms with Crippen molar-refractivity contribution in [3.05, 3.63) is 79.9 Å². The first-order chi connectivity index (χ1) is 27.2. The van der Waals surface area contributed by atoms with E-state index in [-0.39, 0.29) is 55.6 Å². The van der Waals surface area contributed by atoms with E-state index in [1.54, 1.807) is 46.4 Å². The van der Waals surface area contributed by atoms with Crippen LogP contribution >= 0.6 is 0 Å². The number of guanidine groups is 1. The second-order valence-electron chi connectivity index (χ2n) is 13.8. The minimum atomic E-state index is -4.05. The van der Waals surface area contributed by atoms with Gasteiger partial charge in [-0.15, -0.1) is 0 Å². The molecule has 2 aromatic carbocycles. The Morgan fingerprint density at radius 3 is 2.11 bits per heavy atom. The molecule has 1 saturated heterocycles. The van der Waals surface area contributed by atoms with E-state index < -0.39 is 44.0 Å². The number of unbranched alkanes of at least 4 members (excludes halogenated alkanes) is 8. The Bertz CT molecular complexity index is 1770. The Morgan fingerprint density at radius 1 is 0.877 bits per heavy atom. The number of aryl methyl sites for hydroxylation is 1. The van der Waals surface area contributed by atoms with Crippen LogP contribution in [0.25, 0.3) is 0 Å². The van der Waals surface area contributed by atoms with Gasteiger partial charge in [0, 0.05) is 57.8 Å². The molecule has 0 saturated carbocycles. The fraction of sp³-hybridized carbons (Fsp3) is 0.568. The number of piperazine rings is 1. The standard InChI is InChI=1S/C37H55N9O10S/c1-29-13-11-14-32(27-29)57(54,55)42-33(15-12-22-39-36(38)41-46(52)53)35(48)44-25-23-43(24-26-44)34(47)16-9-7-5-3-2-4-6-8-10-21-40-37(49)56-28-30-17-19-31(20-18-30)45(50)51/h11,13-14,17-20,27,33,42H,2-10,12,15-16,21-26,28H2,1H3,(H,40,49)(H3,38,39,41)/t33-/m0/s1. The summed E-state index contributed by atoms with van der Waals surface area (Å²) in [5, 5.41) is 23.2. The first kappa shape index (κ1) is 46.0. The molecule has 0 aromatic heterocycles. The minimum Gasteiger partial charge on any atom is -0.445 e. The number of hydrogen-bond acceptors (Lipinski definition) is 11. The third-order valence-electron chi connectivity index (χ3n) is 9.33. The fourth-order valence-electron chi connectivity index (χ4n) is 6.19. The van der Waals surface area contributed by atoms with Gasteiger partial charge in [0.1, 0.15) is 12.6 Å². The maximum Gasteiger partial charge on any atom is 0.407 e. The zero-order chi connectivity index (χ0) is 41.6. The predicted molar refractivity (Wildman–Crippen MR) is 212 cm³/mol. The molecular weight excluding hydrogens is 763 g/mol. The Hall–Kier alpha value is -5.37. The maximum atomic E-state index is 13.6. The van der Waals surface area contributed by atoms with Crippen LogP contribution in [-0.4, -0.2) is 97.4 Å². The van der Waals surface area contributed by atoms with Gasteiger partial charge in [-0.1, -0.05) is 62.5 Å². The number of amides is 3. The summed E-state index contributed by atoms with van der Waals surface area (Å²) >= 11 is 0. The summed E-state index contributed by atoms with van der Waals surface area (Å²) in [7, 11) is -4.05. The lowest BCUT2D eigenvalue weighted by Gasteiger charge is -2.36. The molecular formula is C37H55N9O10S. The van der Waals surface area contributed by atoms with E-state index in [1.165, 1.54) is 24.3 Å². The van der Waals surface area contributed by atoms with Crippen molar-refractivity contribution in [1.82, 2.24) is 25.3 Å². The van der Waals surface area contributed by atoms with E-state index in [2.05, 4.69) is 15.0 Å². The third kappa shape index (κ3) is 17.5. The maximum absolute atomic E-state index is 13.6. The number of nitro groups is 2. The topological polar surface area (TPSA) is 262 Å². The second-order valence-corrected chi connectivity index (χ2v) is 15.5. The van der Waals surface area contributed by atoms with Gasteiger partial charge in [0.2, 0.25) is 21.8 Å². The molecule has 0 radical (unpaired) electrons. The summed E-state index contributed by atoms with van der Waals surface area (Å²) in [4.78, 5) is 66.4. The number of hydrogen-bond donors (Lipinski definition) is 4. The molecule has 1 fully saturated rings. The van der Waals surface area contributed by atoms with Crippen LogP contribution < -0.4 is 21.2 Å². The number of hydrazine groups is 1. The number of non-ortho nitro benzene ring substituents is 1. The van der Waals surface area contributed by atoms with Gasteiger partial charge in [-0.3, -0.25) is 19.7 Å². The van der Waals surface area contributed by atoms with Crippen molar-refractivity contribution in [2.45, 2.75) is 102 Å². The highest BCUT2D eigenvalue weighted by Gasteiger charge is 2.32. The van der Waals surface area contributed by atoms with Crippen LogP contribution in [0, 0.1) is 27.2 Å². The predicted octanol–water partition coefficient (Wildman–Crippen LogP) is 3.92. The molecule has 20 heteroatoms. The highest BCUT2D eigenvalue weighted by Crippen LogP contribution is 2.17. The van der Waals surface area contributed by atoms with Gasteiger partial charge >= 0.3 is 6.09 Å². The summed E-state index contributed by atoms with van der Waals surface area (Å²) in [6.45, 7) is 3.54. The van der Waals surface area contributed by atoms with Gasteiger partial charge in [-0.25, -0.2) is 28.3 Å². The molecule has 1 aliphatic heterocycles. The number of carbonyl (C=O) groups excluding carboxylic acids is 3. The lowest BCUT2D eigenvalue weighted by atomic mass is 10.1. The van der Waals surface area contributed by atoms with E-state index in [0.29, 0.717) is 31.6 Å². The van der Waals surface area contributed by atoms with Crippen LogP contribution in [0.4, 0.5) is 10.5 Å². The van der Waals surface area contributed by atoms with Gasteiger partial charge in [0.25, 0.3) is 11.6 Å². The van der Waals surface area contributed by atoms with Crippen molar-refractivity contribution in [3.8, 4) is 0 Å². The molecule has 1 aliphatic rings. The largest absolute Gasteiger partial charge is 0.445 e. The van der Waals surface area contributed by atoms with Gasteiger partial charge in [-0.05, 0) is 68.0 Å². The van der Waals surface area contributed by atoms with Crippen molar-refractivity contribution < 1.29 is 37.5 Å². The first-order valence-corrected chi connectivity index (χ1v) is 20.7. The Kier molecular flexibility index (Phi) is 19.6. The Labute approximate surface area is 333 Å². The zero-order valence-electron chi connectivity index (χ0n) is 32.4. The van der Waals surface area contributed by atoms with Crippen LogP contribution in [0.15, 0.2) is 58.4 Å². The van der Waals surface area contributed by atoms with Crippen molar-refractivity contribution in [2.24, 2.45) is 10.7 Å². The molecule has 3 amide bonds. The van der Waals surface area contributed by atoms with Crippen molar-refractivity contribution in [3.63, 3.8) is 0 Å². The molecule has 0 aliphatic carbocycles. The smallest absolute Gasteiger partial charge is 0.407 e. The monoisotopic (exact) mass is 817 g/mol. The van der Waals surface area contributed by atoms with Gasteiger partial charge < -0.3 is 25.6 Å². The molecule has 0 spiro atoms. The summed E-state index contributed by atoms with van der Waals surface area (Å²) in [5.41, 5.74) is 8.59. The molecule has 2 aromatic rings. The molecule has 314 valence electrons. The van der Waals surface area contributed by atoms with E-state index in [4.69, 9.17) is 10.5 Å². The minimum absolute atomic E-state index is 0.0197. The molecule has 0 unspecified atom stereocenters. The molecule has 1 atom stereocenters. The summed E-state index contributed by atoms with van der Waals surface area (Å²) in [6, 6.07) is 11.0. The fourth-order valence-corrected chi connectivity index (χ4v) is 7.52. The van der Waals surface area contributed by atoms with Crippen molar-refractivity contribution in [2.75, 3.05) is 39.3 Å². The number of sulfonamides is 1. The van der Waals surface area contributed by atoms with Crippen LogP contribution in [0.3, 0.4) is 0 Å². The quantitative estimate of drug-likeness (QED) is 0.0386. The molecule has 3 rings (SSSR count). The summed E-state index contributed by atoms with van der Waals surface area (Å²) in [6.07, 6.45) is 9.07. The van der Waals surface area contributed by atoms with Crippen molar-refractivity contribution >= 4 is 39.6 Å². The number of nitrogens with two attached hydrogens (primary N) is 1. The third-order valence-corrected chi connectivity index (χ3v) is 10.8. The Morgan fingerprint density at radius 2 is 1.49 bits per heavy atom. The highest BCUT2D eigenvalue weighted by molar-refractivity contribution is 7.89. The van der Waals surface area contributed by atoms with E-state index in [0.717, 1.165) is 63.4 Å². The number of ether oxygens (including phenoxy) is 1. The number of carbonyl (C=O) groups is 3. The Balaban J connectivity index is 1.28. The number of nitrogens with zero attached hydrogens (tertiary/aromatic N) is 5. The molecule has 1 heterocycles. The summed E-state index contributed by atoms with van der Waals surface area (Å²) in [5.74, 6) is -0.794. The van der Waals surface area contributed by atoms with E-state index >= 15 is 0 Å². The zero-order valence-corrected chi connectivity index (χ0v) is 33.3. The highest BCUT2D eigenvalue weighted by atomic mass is 32.2. The lowest BCUT2D eigenvalue weighted by Crippen LogP contribution is -2.55. The lowest BCUT2D eigenvalue weighted by molar-refractivity contribution is -0.525. The normalized spacial score (nSPS) is 13.8. The first-order valence-electron chi connectivity index (χ1n) is 19.3. The molecule has 5 N–H and O–H groups in total. The number of aliphatic imine (C=N–C) groups is 1. The van der Waals surface area contributed by atoms with Crippen LogP contribution in [-0.2, 0) is 31.0 Å². The van der Waals surface area contributed by atoms with E-state index in [9.17, 15) is 43.0 Å². The van der Waals surface area contributed by atoms with E-state index in [1.807, 2.05) is 0 Å². The average Bonchev–Trinajstić information content (AvgIpc) is 3.18. The SMILES string of the molecule is Cc1cccc(S(=O)(=O)N[C@@H](CCCN=C(N)N[N+](=O)[O-])C(=O)N2CCN(C(=O)CCCCCCCCCCCNC(=O)OCc3ccc([N+](=O)[O-])cc3)CC2)c1. The number of benzene rings is 2. The van der Waals surface area contributed by atoms with Crippen LogP contribution in [0.2, 0.25) is 0 Å².